The zero-order chi connectivity index (χ0) is 15.7. The van der Waals surface area contributed by atoms with Crippen LogP contribution < -0.4 is 10.5 Å². The largest absolute Gasteiger partial charge is 0.598 e. The van der Waals surface area contributed by atoms with Crippen LogP contribution in [0.25, 0.3) is 5.43 Å². The average molecular weight is 303 g/mol. The highest BCUT2D eigenvalue weighted by molar-refractivity contribution is 5.75. The summed E-state index contributed by atoms with van der Waals surface area (Å²) >= 11 is 0. The van der Waals surface area contributed by atoms with Crippen molar-refractivity contribution in [3.8, 4) is 0 Å². The van der Waals surface area contributed by atoms with Gasteiger partial charge in [0.1, 0.15) is 5.66 Å². The number of anilines is 1. The molecular weight excluding hydrogens is 280 g/mol. The van der Waals surface area contributed by atoms with Crippen molar-refractivity contribution in [3.63, 3.8) is 0 Å². The Bertz CT molecular complexity index is 577. The van der Waals surface area contributed by atoms with Crippen molar-refractivity contribution in [3.05, 3.63) is 29.7 Å². The maximum Gasteiger partial charge on any atom is 0.208 e. The summed E-state index contributed by atoms with van der Waals surface area (Å²) < 4.78 is 0. The molecule has 1 aromatic carbocycles. The zero-order valence-corrected chi connectivity index (χ0v) is 13.6. The van der Waals surface area contributed by atoms with E-state index in [1.807, 2.05) is 44.2 Å². The van der Waals surface area contributed by atoms with Crippen LogP contribution in [0, 0.1) is 0 Å². The first-order valence-electron chi connectivity index (χ1n) is 7.48. The van der Waals surface area contributed by atoms with Crippen LogP contribution >= 0.6 is 0 Å². The average Bonchev–Trinajstić information content (AvgIpc) is 2.99. The number of hydrogen-bond acceptors (Lipinski definition) is 6. The third-order valence-electron chi connectivity index (χ3n) is 3.97. The number of rotatable bonds is 5. The number of benzene rings is 1. The van der Waals surface area contributed by atoms with Gasteiger partial charge in [-0.2, -0.15) is 0 Å². The minimum atomic E-state index is -0.338. The van der Waals surface area contributed by atoms with Crippen LogP contribution in [0.15, 0.2) is 29.3 Å². The van der Waals surface area contributed by atoms with Gasteiger partial charge in [-0.3, -0.25) is 10.0 Å². The van der Waals surface area contributed by atoms with E-state index in [0.717, 1.165) is 31.0 Å². The lowest BCUT2D eigenvalue weighted by Crippen LogP contribution is -2.43. The molecule has 0 amide bonds. The van der Waals surface area contributed by atoms with Crippen LogP contribution in [-0.2, 0) is 4.84 Å². The van der Waals surface area contributed by atoms with Crippen molar-refractivity contribution in [2.75, 3.05) is 32.3 Å². The maximum atomic E-state index is 5.24. The number of nitrogens with one attached hydrogen (secondary N) is 1. The fourth-order valence-corrected chi connectivity index (χ4v) is 2.64. The lowest BCUT2D eigenvalue weighted by molar-refractivity contribution is 0.106. The Morgan fingerprint density at radius 3 is 2.86 bits per heavy atom. The highest BCUT2D eigenvalue weighted by atomic mass is 16.7. The Kier molecular flexibility index (Phi) is 3.94. The predicted octanol–water partition coefficient (Wildman–Crippen LogP) is 2.22. The number of para-hydroxylation sites is 1. The summed E-state index contributed by atoms with van der Waals surface area (Å²) in [7, 11) is 4.12. The predicted molar refractivity (Wildman–Crippen MR) is 87.6 cm³/mol. The van der Waals surface area contributed by atoms with E-state index < -0.39 is 0 Å². The summed E-state index contributed by atoms with van der Waals surface area (Å²) in [4.78, 5) is 11.9. The lowest BCUT2D eigenvalue weighted by atomic mass is 10.1. The van der Waals surface area contributed by atoms with E-state index in [0.29, 0.717) is 5.90 Å². The summed E-state index contributed by atoms with van der Waals surface area (Å²) in [6, 6.07) is 8.16. The molecule has 120 valence electrons. The number of hydrazine groups is 1. The highest BCUT2D eigenvalue weighted by Crippen LogP contribution is 2.40. The van der Waals surface area contributed by atoms with E-state index in [2.05, 4.69) is 38.9 Å². The summed E-state index contributed by atoms with van der Waals surface area (Å²) in [5, 5.41) is 4.05. The summed E-state index contributed by atoms with van der Waals surface area (Å²) in [5.74, 6) is 0.690. The molecule has 7 heteroatoms. The first-order valence-corrected chi connectivity index (χ1v) is 7.48. The van der Waals surface area contributed by atoms with Crippen molar-refractivity contribution < 1.29 is 4.84 Å². The quantitative estimate of drug-likeness (QED) is 0.904. The lowest BCUT2D eigenvalue weighted by Gasteiger charge is -2.39. The molecule has 7 nitrogen and oxygen atoms in total. The Morgan fingerprint density at radius 2 is 2.18 bits per heavy atom. The highest BCUT2D eigenvalue weighted by Gasteiger charge is 2.29. The topological polar surface area (TPSA) is 57.4 Å². The molecule has 1 unspecified atom stereocenters. The molecule has 0 spiro atoms. The van der Waals surface area contributed by atoms with Gasteiger partial charge in [-0.15, -0.1) is 11.2 Å². The van der Waals surface area contributed by atoms with E-state index in [4.69, 9.17) is 4.84 Å². The molecule has 2 aliphatic heterocycles. The molecule has 3 rings (SSSR count). The molecule has 0 saturated carbocycles. The summed E-state index contributed by atoms with van der Waals surface area (Å²) in [5.41, 5.74) is 9.41. The van der Waals surface area contributed by atoms with Crippen molar-refractivity contribution in [1.82, 2.24) is 15.5 Å². The third-order valence-corrected chi connectivity index (χ3v) is 3.97. The Morgan fingerprint density at radius 1 is 1.41 bits per heavy atom. The van der Waals surface area contributed by atoms with Gasteiger partial charge in [-0.25, -0.2) is 4.99 Å². The second kappa shape index (κ2) is 5.75. The number of aliphatic imine (C=N–C) groups is 1. The number of hydrogen-bond donors (Lipinski definition) is 1. The first-order chi connectivity index (χ1) is 10.5. The van der Waals surface area contributed by atoms with Crippen LogP contribution in [0.3, 0.4) is 0 Å². The third kappa shape index (κ3) is 3.01. The fraction of sp³-hybridized carbons (Fsp3) is 0.533. The molecule has 0 fully saturated rings. The molecule has 0 bridgehead atoms. The van der Waals surface area contributed by atoms with E-state index >= 15 is 0 Å². The fourth-order valence-electron chi connectivity index (χ4n) is 2.64. The normalized spacial score (nSPS) is 24.2. The van der Waals surface area contributed by atoms with Crippen LogP contribution in [0.5, 0.6) is 0 Å². The van der Waals surface area contributed by atoms with E-state index in [-0.39, 0.29) is 5.66 Å². The van der Waals surface area contributed by atoms with E-state index in [1.165, 1.54) is 0 Å². The number of hydroxylamine groups is 1. The molecule has 0 radical (unpaired) electrons. The Hall–Kier alpha value is -1.83. The van der Waals surface area contributed by atoms with Gasteiger partial charge in [0.15, 0.2) is 0 Å². The standard InChI is InChI=1S/C15H23N6O/c1-12-16-15(2,18-22-12)9-10-19(3)11-21-17-13-7-5-6-8-14(13)20(21)4/h5-8,18H,9-11H2,1-4H3/q-1. The van der Waals surface area contributed by atoms with Crippen molar-refractivity contribution >= 4 is 17.3 Å². The monoisotopic (exact) mass is 303 g/mol. The molecule has 2 heterocycles. The zero-order valence-electron chi connectivity index (χ0n) is 13.6. The maximum absolute atomic E-state index is 5.24. The molecule has 0 aliphatic carbocycles. The molecule has 0 saturated heterocycles. The Balaban J connectivity index is 1.52. The SMILES string of the molecule is CC1=NC(C)(CCN(C)CN2[N-]c3ccccc3N2C)NO1. The van der Waals surface area contributed by atoms with Gasteiger partial charge in [0, 0.05) is 32.6 Å². The smallest absolute Gasteiger partial charge is 0.208 e. The molecule has 1 aromatic rings. The van der Waals surface area contributed by atoms with Gasteiger partial charge < -0.3 is 15.3 Å². The second-order valence-corrected chi connectivity index (χ2v) is 6.06. The minimum Gasteiger partial charge on any atom is -0.598 e. The molecule has 0 aromatic heterocycles. The van der Waals surface area contributed by atoms with Crippen LogP contribution in [0.4, 0.5) is 11.4 Å². The van der Waals surface area contributed by atoms with Crippen LogP contribution in [-0.4, -0.2) is 48.9 Å². The number of nitrogens with zero attached hydrogens (tertiary/aromatic N) is 5. The van der Waals surface area contributed by atoms with Gasteiger partial charge in [-0.05, 0) is 20.0 Å². The van der Waals surface area contributed by atoms with Crippen LogP contribution in [0.1, 0.15) is 20.3 Å². The van der Waals surface area contributed by atoms with Crippen molar-refractivity contribution in [2.24, 2.45) is 4.99 Å². The molecule has 2 aliphatic rings. The van der Waals surface area contributed by atoms with Crippen molar-refractivity contribution in [2.45, 2.75) is 25.9 Å². The second-order valence-electron chi connectivity index (χ2n) is 6.06. The summed E-state index contributed by atoms with van der Waals surface area (Å²) in [6.07, 6.45) is 0.866. The summed E-state index contributed by atoms with van der Waals surface area (Å²) in [6.45, 7) is 5.52. The van der Waals surface area contributed by atoms with Gasteiger partial charge >= 0.3 is 0 Å². The molecular formula is C15H23N6O-. The van der Waals surface area contributed by atoms with E-state index in [9.17, 15) is 0 Å². The molecule has 22 heavy (non-hydrogen) atoms. The Labute approximate surface area is 131 Å². The first kappa shape index (κ1) is 15.1. The van der Waals surface area contributed by atoms with Gasteiger partial charge in [0.2, 0.25) is 5.90 Å². The van der Waals surface area contributed by atoms with E-state index in [1.54, 1.807) is 0 Å². The molecule has 1 atom stereocenters. The van der Waals surface area contributed by atoms with Gasteiger partial charge in [0.05, 0.1) is 6.67 Å². The number of fused-ring (bicyclic) bond motifs is 1. The van der Waals surface area contributed by atoms with Gasteiger partial charge in [0.25, 0.3) is 0 Å². The minimum absolute atomic E-state index is 0.338. The molecule has 1 N–H and O–H groups in total. The van der Waals surface area contributed by atoms with Gasteiger partial charge in [-0.1, -0.05) is 18.2 Å². The van der Waals surface area contributed by atoms with Crippen LogP contribution in [0.2, 0.25) is 0 Å². The van der Waals surface area contributed by atoms with Crippen molar-refractivity contribution in [1.29, 1.82) is 0 Å².